The molecule has 0 aromatic heterocycles. The minimum absolute atomic E-state index is 0.365. The first-order valence-electron chi connectivity index (χ1n) is 9.65. The molecule has 2 aliphatic heterocycles. The number of hydrogen-bond acceptors (Lipinski definition) is 4. The molecule has 0 aliphatic carbocycles. The van der Waals surface area contributed by atoms with Gasteiger partial charge in [-0.05, 0) is 24.1 Å². The number of morpholine rings is 1. The van der Waals surface area contributed by atoms with Gasteiger partial charge in [0, 0.05) is 25.1 Å². The van der Waals surface area contributed by atoms with Crippen molar-refractivity contribution in [3.05, 3.63) is 71.8 Å². The molecule has 2 heterocycles. The number of nitrogens with zero attached hydrogens (tertiary/aromatic N) is 1. The maximum absolute atomic E-state index is 5.93. The topological polar surface area (TPSA) is 30.9 Å². The Labute approximate surface area is 161 Å². The van der Waals surface area contributed by atoms with Crippen LogP contribution in [-0.4, -0.2) is 43.9 Å². The lowest BCUT2D eigenvalue weighted by Crippen LogP contribution is -2.53. The summed E-state index contributed by atoms with van der Waals surface area (Å²) in [6, 6.07) is 19.3. The fourth-order valence-corrected chi connectivity index (χ4v) is 3.97. The third kappa shape index (κ3) is 4.52. The number of fused-ring (bicyclic) bond motifs is 2. The minimum Gasteiger partial charge on any atom is -0.497 e. The molecule has 2 aromatic rings. The fourth-order valence-electron chi connectivity index (χ4n) is 3.97. The number of methoxy groups -OCH3 is 1. The van der Waals surface area contributed by atoms with E-state index in [1.165, 1.54) is 11.1 Å². The van der Waals surface area contributed by atoms with Crippen LogP contribution in [0.3, 0.4) is 0 Å². The summed E-state index contributed by atoms with van der Waals surface area (Å²) >= 11 is 0. The van der Waals surface area contributed by atoms with Gasteiger partial charge in [-0.1, -0.05) is 48.0 Å². The van der Waals surface area contributed by atoms with Crippen LogP contribution in [0.4, 0.5) is 0 Å². The van der Waals surface area contributed by atoms with E-state index >= 15 is 0 Å². The molecule has 1 fully saturated rings. The lowest BCUT2D eigenvalue weighted by molar-refractivity contribution is -0.0443. The maximum atomic E-state index is 5.93. The third-order valence-corrected chi connectivity index (χ3v) is 5.36. The second kappa shape index (κ2) is 8.59. The number of benzene rings is 2. The Morgan fingerprint density at radius 3 is 2.70 bits per heavy atom. The van der Waals surface area contributed by atoms with Gasteiger partial charge in [-0.2, -0.15) is 0 Å². The molecule has 4 nitrogen and oxygen atoms in total. The summed E-state index contributed by atoms with van der Waals surface area (Å²) < 4.78 is 17.0. The molecule has 0 amide bonds. The number of rotatable bonds is 7. The molecule has 142 valence electrons. The molecule has 1 saturated heterocycles. The van der Waals surface area contributed by atoms with E-state index in [4.69, 9.17) is 14.2 Å². The Kier molecular flexibility index (Phi) is 5.75. The molecule has 0 spiro atoms. The molecule has 4 rings (SSSR count). The molecule has 2 atom stereocenters. The zero-order chi connectivity index (χ0) is 18.5. The summed E-state index contributed by atoms with van der Waals surface area (Å²) in [5, 5.41) is 0. The van der Waals surface area contributed by atoms with Crippen LogP contribution >= 0.6 is 0 Å². The van der Waals surface area contributed by atoms with Gasteiger partial charge >= 0.3 is 0 Å². The van der Waals surface area contributed by atoms with Crippen LogP contribution in [0.25, 0.3) is 0 Å². The van der Waals surface area contributed by atoms with E-state index in [-0.39, 0.29) is 0 Å². The van der Waals surface area contributed by atoms with E-state index in [0.29, 0.717) is 18.7 Å². The molecule has 2 unspecified atom stereocenters. The molecule has 27 heavy (non-hydrogen) atoms. The first-order valence-corrected chi connectivity index (χ1v) is 9.65. The van der Waals surface area contributed by atoms with Crippen LogP contribution in [0.15, 0.2) is 66.2 Å². The highest BCUT2D eigenvalue weighted by atomic mass is 16.5. The van der Waals surface area contributed by atoms with Gasteiger partial charge in [0.1, 0.15) is 11.5 Å². The van der Waals surface area contributed by atoms with Crippen LogP contribution in [0.2, 0.25) is 0 Å². The van der Waals surface area contributed by atoms with Gasteiger partial charge in [0.05, 0.1) is 33.0 Å². The predicted octanol–water partition coefficient (Wildman–Crippen LogP) is 4.06. The van der Waals surface area contributed by atoms with Crippen molar-refractivity contribution in [2.24, 2.45) is 0 Å². The summed E-state index contributed by atoms with van der Waals surface area (Å²) in [7, 11) is 1.67. The quantitative estimate of drug-likeness (QED) is 0.692. The van der Waals surface area contributed by atoms with Crippen LogP contribution in [0.5, 0.6) is 11.5 Å². The summed E-state index contributed by atoms with van der Waals surface area (Å²) in [5.74, 6) is 1.69. The lowest BCUT2D eigenvalue weighted by Gasteiger charge is -2.44. The van der Waals surface area contributed by atoms with Gasteiger partial charge in [0.25, 0.3) is 0 Å². The molecule has 2 aromatic carbocycles. The molecular weight excluding hydrogens is 338 g/mol. The standard InChI is InChI=1S/C23H27NO3/c1-25-22-8-5-9-23(14-22)27-11-10-19-12-20-16-26-17-21(13-19)24(20)15-18-6-3-2-4-7-18/h2-9,12,14,20-21H,10-11,13,15-17H2,1H3. The highest BCUT2D eigenvalue weighted by Crippen LogP contribution is 2.30. The first kappa shape index (κ1) is 18.1. The second-order valence-electron chi connectivity index (χ2n) is 7.22. The average Bonchev–Trinajstić information content (AvgIpc) is 2.69. The van der Waals surface area contributed by atoms with Gasteiger partial charge < -0.3 is 14.2 Å². The fraction of sp³-hybridized carbons (Fsp3) is 0.391. The molecule has 4 heteroatoms. The highest BCUT2D eigenvalue weighted by Gasteiger charge is 2.34. The molecule has 0 saturated carbocycles. The summed E-state index contributed by atoms with van der Waals surface area (Å²) in [6.07, 6.45) is 4.42. The van der Waals surface area contributed by atoms with Crippen molar-refractivity contribution in [3.8, 4) is 11.5 Å². The van der Waals surface area contributed by atoms with Crippen molar-refractivity contribution in [2.75, 3.05) is 26.9 Å². The minimum atomic E-state index is 0.365. The van der Waals surface area contributed by atoms with E-state index in [9.17, 15) is 0 Å². The molecule has 0 N–H and O–H groups in total. The van der Waals surface area contributed by atoms with Crippen LogP contribution in [0.1, 0.15) is 18.4 Å². The Bertz CT molecular complexity index is 774. The summed E-state index contributed by atoms with van der Waals surface area (Å²) in [4.78, 5) is 2.59. The SMILES string of the molecule is COc1cccc(OCCC2=CC3COCC(C2)N3Cc2ccccc2)c1. The normalized spacial score (nSPS) is 22.2. The van der Waals surface area contributed by atoms with Gasteiger partial charge in [0.15, 0.2) is 0 Å². The van der Waals surface area contributed by atoms with Gasteiger partial charge in [-0.15, -0.1) is 0 Å². The molecular formula is C23H27NO3. The smallest absolute Gasteiger partial charge is 0.122 e. The number of hydrogen-bond donors (Lipinski definition) is 0. The summed E-state index contributed by atoms with van der Waals surface area (Å²) in [5.41, 5.74) is 2.85. The average molecular weight is 365 g/mol. The predicted molar refractivity (Wildman–Crippen MR) is 106 cm³/mol. The van der Waals surface area contributed by atoms with Crippen molar-refractivity contribution in [1.82, 2.24) is 4.90 Å². The van der Waals surface area contributed by atoms with Crippen molar-refractivity contribution in [3.63, 3.8) is 0 Å². The van der Waals surface area contributed by atoms with Crippen molar-refractivity contribution in [1.29, 1.82) is 0 Å². The van der Waals surface area contributed by atoms with Crippen molar-refractivity contribution >= 4 is 0 Å². The monoisotopic (exact) mass is 365 g/mol. The van der Waals surface area contributed by atoms with Crippen LogP contribution in [0, 0.1) is 0 Å². The molecule has 2 bridgehead atoms. The zero-order valence-corrected chi connectivity index (χ0v) is 15.8. The third-order valence-electron chi connectivity index (χ3n) is 5.36. The van der Waals surface area contributed by atoms with Crippen LogP contribution in [-0.2, 0) is 11.3 Å². The summed E-state index contributed by atoms with van der Waals surface area (Å²) in [6.45, 7) is 3.28. The van der Waals surface area contributed by atoms with E-state index in [1.807, 2.05) is 24.3 Å². The molecule has 0 radical (unpaired) electrons. The van der Waals surface area contributed by atoms with Crippen molar-refractivity contribution in [2.45, 2.75) is 31.5 Å². The Balaban J connectivity index is 1.35. The second-order valence-corrected chi connectivity index (χ2v) is 7.22. The van der Waals surface area contributed by atoms with E-state index in [2.05, 4.69) is 41.3 Å². The van der Waals surface area contributed by atoms with E-state index in [0.717, 1.165) is 44.1 Å². The number of ether oxygens (including phenoxy) is 3. The van der Waals surface area contributed by atoms with Crippen LogP contribution < -0.4 is 9.47 Å². The maximum Gasteiger partial charge on any atom is 0.122 e. The Morgan fingerprint density at radius 2 is 1.89 bits per heavy atom. The van der Waals surface area contributed by atoms with Gasteiger partial charge in [0.2, 0.25) is 0 Å². The largest absolute Gasteiger partial charge is 0.497 e. The first-order chi connectivity index (χ1) is 13.3. The zero-order valence-electron chi connectivity index (χ0n) is 15.8. The molecule has 2 aliphatic rings. The van der Waals surface area contributed by atoms with E-state index in [1.54, 1.807) is 7.11 Å². The lowest BCUT2D eigenvalue weighted by atomic mass is 9.92. The highest BCUT2D eigenvalue weighted by molar-refractivity contribution is 5.32. The Morgan fingerprint density at radius 1 is 1.04 bits per heavy atom. The van der Waals surface area contributed by atoms with E-state index < -0.39 is 0 Å². The van der Waals surface area contributed by atoms with Gasteiger partial charge in [-0.3, -0.25) is 4.90 Å². The van der Waals surface area contributed by atoms with Crippen molar-refractivity contribution < 1.29 is 14.2 Å². The van der Waals surface area contributed by atoms with Gasteiger partial charge in [-0.25, -0.2) is 0 Å². The Hall–Kier alpha value is -2.30.